The minimum absolute atomic E-state index is 0.610. The zero-order valence-corrected chi connectivity index (χ0v) is 12.4. The molecule has 1 fully saturated rings. The quantitative estimate of drug-likeness (QED) is 0.794. The number of nitrogens with zero attached hydrogens (tertiary/aromatic N) is 3. The van der Waals surface area contributed by atoms with Gasteiger partial charge in [0.05, 0.1) is 5.56 Å². The van der Waals surface area contributed by atoms with Crippen LogP contribution in [0.1, 0.15) is 18.4 Å². The topological polar surface area (TPSA) is 39.5 Å². The maximum atomic E-state index is 9.02. The Bertz CT molecular complexity index is 467. The number of para-hydroxylation sites is 1. The van der Waals surface area contributed by atoms with Gasteiger partial charge in [-0.05, 0) is 45.6 Å². The normalized spacial score (nSPS) is 19.2. The highest BCUT2D eigenvalue weighted by Crippen LogP contribution is 2.19. The molecule has 0 aliphatic carbocycles. The fourth-order valence-electron chi connectivity index (χ4n) is 2.78. The highest BCUT2D eigenvalue weighted by Gasteiger charge is 2.24. The number of hydrogen-bond acceptors (Lipinski definition) is 4. The third-order valence-electron chi connectivity index (χ3n) is 3.72. The molecule has 20 heavy (non-hydrogen) atoms. The standard InChI is InChI=1S/C16H23N3O/c1-18(2)13-15-7-5-9-19(15)10-11-20-16-8-4-3-6-14(16)12-17/h3-4,6,8,15H,5,7,9-11,13H2,1-2H3. The van der Waals surface area contributed by atoms with Crippen LogP contribution in [0.3, 0.4) is 0 Å². The molecule has 1 aliphatic heterocycles. The Hall–Kier alpha value is -1.57. The van der Waals surface area contributed by atoms with Crippen molar-refractivity contribution in [3.05, 3.63) is 29.8 Å². The molecule has 0 saturated carbocycles. The first kappa shape index (κ1) is 14.8. The summed E-state index contributed by atoms with van der Waals surface area (Å²) in [5.74, 6) is 0.693. The molecular weight excluding hydrogens is 250 g/mol. The molecule has 1 aromatic rings. The van der Waals surface area contributed by atoms with Gasteiger partial charge in [0.25, 0.3) is 0 Å². The predicted octanol–water partition coefficient (Wildman–Crippen LogP) is 1.96. The molecule has 1 saturated heterocycles. The van der Waals surface area contributed by atoms with Crippen LogP contribution in [-0.4, -0.2) is 56.2 Å². The smallest absolute Gasteiger partial charge is 0.137 e. The second kappa shape index (κ2) is 7.28. The van der Waals surface area contributed by atoms with Crippen molar-refractivity contribution in [3.63, 3.8) is 0 Å². The van der Waals surface area contributed by atoms with Gasteiger partial charge in [0.2, 0.25) is 0 Å². The number of benzene rings is 1. The second-order valence-corrected chi connectivity index (χ2v) is 5.55. The van der Waals surface area contributed by atoms with E-state index in [2.05, 4.69) is 30.0 Å². The van der Waals surface area contributed by atoms with E-state index < -0.39 is 0 Å². The van der Waals surface area contributed by atoms with E-state index in [1.54, 1.807) is 6.07 Å². The highest BCUT2D eigenvalue weighted by atomic mass is 16.5. The Kier molecular flexibility index (Phi) is 5.40. The van der Waals surface area contributed by atoms with Gasteiger partial charge < -0.3 is 9.64 Å². The van der Waals surface area contributed by atoms with E-state index in [0.29, 0.717) is 24.0 Å². The molecule has 1 atom stereocenters. The van der Waals surface area contributed by atoms with E-state index in [0.717, 1.165) is 19.6 Å². The number of likely N-dealkylation sites (N-methyl/N-ethyl adjacent to an activating group) is 1. The summed E-state index contributed by atoms with van der Waals surface area (Å²) in [5, 5.41) is 9.02. The summed E-state index contributed by atoms with van der Waals surface area (Å²) in [7, 11) is 4.24. The molecule has 4 heteroatoms. The van der Waals surface area contributed by atoms with E-state index in [4.69, 9.17) is 10.00 Å². The molecule has 0 N–H and O–H groups in total. The molecule has 0 amide bonds. The Morgan fingerprint density at radius 2 is 2.20 bits per heavy atom. The van der Waals surface area contributed by atoms with Crippen LogP contribution in [0, 0.1) is 11.3 Å². The maximum Gasteiger partial charge on any atom is 0.137 e. The van der Waals surface area contributed by atoms with Gasteiger partial charge in [-0.1, -0.05) is 12.1 Å². The zero-order valence-electron chi connectivity index (χ0n) is 12.4. The predicted molar refractivity (Wildman–Crippen MR) is 79.8 cm³/mol. The van der Waals surface area contributed by atoms with Crippen LogP contribution in [0.15, 0.2) is 24.3 Å². The van der Waals surface area contributed by atoms with Crippen molar-refractivity contribution in [1.82, 2.24) is 9.80 Å². The molecule has 2 rings (SSSR count). The van der Waals surface area contributed by atoms with Gasteiger partial charge in [0.1, 0.15) is 18.4 Å². The molecule has 1 heterocycles. The molecule has 0 bridgehead atoms. The van der Waals surface area contributed by atoms with Gasteiger partial charge in [-0.3, -0.25) is 4.90 Å². The van der Waals surface area contributed by atoms with E-state index >= 15 is 0 Å². The molecule has 108 valence electrons. The highest BCUT2D eigenvalue weighted by molar-refractivity contribution is 5.42. The number of likely N-dealkylation sites (tertiary alicyclic amines) is 1. The SMILES string of the molecule is CN(C)CC1CCCN1CCOc1ccccc1C#N. The summed E-state index contributed by atoms with van der Waals surface area (Å²) in [5.41, 5.74) is 0.610. The number of ether oxygens (including phenoxy) is 1. The van der Waals surface area contributed by atoms with Crippen molar-refractivity contribution in [2.24, 2.45) is 0 Å². The minimum atomic E-state index is 0.610. The molecule has 4 nitrogen and oxygen atoms in total. The first-order chi connectivity index (χ1) is 9.70. The van der Waals surface area contributed by atoms with Gasteiger partial charge in [0.15, 0.2) is 0 Å². The van der Waals surface area contributed by atoms with E-state index in [9.17, 15) is 0 Å². The second-order valence-electron chi connectivity index (χ2n) is 5.55. The monoisotopic (exact) mass is 273 g/mol. The Labute approximate surface area is 121 Å². The summed E-state index contributed by atoms with van der Waals surface area (Å²) in [4.78, 5) is 4.74. The molecule has 1 aromatic carbocycles. The van der Waals surface area contributed by atoms with Gasteiger partial charge in [0, 0.05) is 19.1 Å². The van der Waals surface area contributed by atoms with Crippen LogP contribution in [0.25, 0.3) is 0 Å². The van der Waals surface area contributed by atoms with Crippen molar-refractivity contribution in [1.29, 1.82) is 5.26 Å². The molecule has 0 aromatic heterocycles. The van der Waals surface area contributed by atoms with Crippen LogP contribution >= 0.6 is 0 Å². The van der Waals surface area contributed by atoms with Crippen molar-refractivity contribution in [2.75, 3.05) is 40.3 Å². The third kappa shape index (κ3) is 3.96. The van der Waals surface area contributed by atoms with Crippen molar-refractivity contribution < 1.29 is 4.74 Å². The number of rotatable bonds is 6. The van der Waals surface area contributed by atoms with E-state index in [1.807, 2.05) is 18.2 Å². The fourth-order valence-corrected chi connectivity index (χ4v) is 2.78. The summed E-state index contributed by atoms with van der Waals surface area (Å²) in [6.45, 7) is 3.83. The lowest BCUT2D eigenvalue weighted by Crippen LogP contribution is -2.39. The first-order valence-corrected chi connectivity index (χ1v) is 7.21. The van der Waals surface area contributed by atoms with Gasteiger partial charge in [-0.2, -0.15) is 5.26 Å². The van der Waals surface area contributed by atoms with Gasteiger partial charge in [-0.15, -0.1) is 0 Å². The van der Waals surface area contributed by atoms with Crippen LogP contribution in [0.5, 0.6) is 5.75 Å². The minimum Gasteiger partial charge on any atom is -0.491 e. The number of nitriles is 1. The Morgan fingerprint density at radius 3 is 2.95 bits per heavy atom. The lowest BCUT2D eigenvalue weighted by Gasteiger charge is -2.26. The first-order valence-electron chi connectivity index (χ1n) is 7.21. The fraction of sp³-hybridized carbons (Fsp3) is 0.562. The summed E-state index contributed by atoms with van der Waals surface area (Å²) >= 11 is 0. The van der Waals surface area contributed by atoms with Crippen molar-refractivity contribution in [2.45, 2.75) is 18.9 Å². The zero-order chi connectivity index (χ0) is 14.4. The molecule has 1 aliphatic rings. The maximum absolute atomic E-state index is 9.02. The molecule has 1 unspecified atom stereocenters. The van der Waals surface area contributed by atoms with Crippen molar-refractivity contribution in [3.8, 4) is 11.8 Å². The van der Waals surface area contributed by atoms with Crippen LogP contribution in [-0.2, 0) is 0 Å². The number of hydrogen-bond donors (Lipinski definition) is 0. The van der Waals surface area contributed by atoms with E-state index in [-0.39, 0.29) is 0 Å². The van der Waals surface area contributed by atoms with E-state index in [1.165, 1.54) is 12.8 Å². The van der Waals surface area contributed by atoms with Crippen LogP contribution in [0.2, 0.25) is 0 Å². The van der Waals surface area contributed by atoms with Crippen molar-refractivity contribution >= 4 is 0 Å². The van der Waals surface area contributed by atoms with Gasteiger partial charge >= 0.3 is 0 Å². The Balaban J connectivity index is 1.82. The largest absolute Gasteiger partial charge is 0.491 e. The Morgan fingerprint density at radius 1 is 1.40 bits per heavy atom. The summed E-state index contributed by atoms with van der Waals surface area (Å²) in [6.07, 6.45) is 2.54. The molecular formula is C16H23N3O. The van der Waals surface area contributed by atoms with Crippen LogP contribution in [0.4, 0.5) is 0 Å². The molecule has 0 spiro atoms. The summed E-state index contributed by atoms with van der Waals surface area (Å²) < 4.78 is 5.77. The average molecular weight is 273 g/mol. The molecule has 0 radical (unpaired) electrons. The average Bonchev–Trinajstić information content (AvgIpc) is 2.86. The lowest BCUT2D eigenvalue weighted by atomic mass is 10.2. The summed E-state index contributed by atoms with van der Waals surface area (Å²) in [6, 6.07) is 10.2. The van der Waals surface area contributed by atoms with Gasteiger partial charge in [-0.25, -0.2) is 0 Å². The lowest BCUT2D eigenvalue weighted by molar-refractivity contribution is 0.172. The third-order valence-corrected chi connectivity index (χ3v) is 3.72. The van der Waals surface area contributed by atoms with Crippen LogP contribution < -0.4 is 4.74 Å².